The van der Waals surface area contributed by atoms with E-state index in [-0.39, 0.29) is 7.92 Å². The van der Waals surface area contributed by atoms with Crippen LogP contribution in [-0.4, -0.2) is 34.4 Å². The molecule has 2 aromatic rings. The Balaban J connectivity index is 2.57. The minimum absolute atomic E-state index is 0.341. The third-order valence-corrected chi connectivity index (χ3v) is 6.57. The lowest BCUT2D eigenvalue weighted by Gasteiger charge is -2.28. The van der Waals surface area contributed by atoms with Crippen molar-refractivity contribution >= 4 is 29.9 Å². The van der Waals surface area contributed by atoms with Crippen LogP contribution in [-0.2, 0) is 0 Å². The first-order valence-corrected chi connectivity index (χ1v) is 9.39. The van der Waals surface area contributed by atoms with Gasteiger partial charge in [-0.25, -0.2) is 0 Å². The Hall–Kier alpha value is -1.53. The molecule has 0 atom stereocenters. The molecule has 0 aromatic heterocycles. The van der Waals surface area contributed by atoms with Gasteiger partial charge in [0.25, 0.3) is 0 Å². The summed E-state index contributed by atoms with van der Waals surface area (Å²) < 4.78 is 0. The molecule has 0 saturated carbocycles. The minimum Gasteiger partial charge on any atom is -0.377 e. The quantitative estimate of drug-likeness (QED) is 0.751. The van der Waals surface area contributed by atoms with Crippen LogP contribution in [0.1, 0.15) is 13.3 Å². The molecule has 2 rings (SSSR count). The Morgan fingerprint density at radius 1 is 0.727 bits per heavy atom. The molecule has 2 aromatic carbocycles. The fraction of sp³-hybridized carbons (Fsp3) is 0.368. The molecule has 2 nitrogen and oxygen atoms in total. The number of hydrogen-bond donors (Lipinski definition) is 0. The van der Waals surface area contributed by atoms with Crippen molar-refractivity contribution in [2.75, 3.05) is 44.2 Å². The molecule has 0 bridgehead atoms. The van der Waals surface area contributed by atoms with Crippen LogP contribution in [0, 0.1) is 0 Å². The molecule has 0 spiro atoms. The second kappa shape index (κ2) is 7.65. The summed E-state index contributed by atoms with van der Waals surface area (Å²) in [5, 5.41) is 2.97. The normalized spacial score (nSPS) is 10.8. The summed E-state index contributed by atoms with van der Waals surface area (Å²) in [6.45, 7) is 2.28. The van der Waals surface area contributed by atoms with Crippen molar-refractivity contribution in [2.45, 2.75) is 13.3 Å². The summed E-state index contributed by atoms with van der Waals surface area (Å²) in [7, 11) is 8.20. The molecule has 0 unspecified atom stereocenters. The summed E-state index contributed by atoms with van der Waals surface area (Å²) in [6, 6.07) is 17.7. The summed E-state index contributed by atoms with van der Waals surface area (Å²) >= 11 is 0. The van der Waals surface area contributed by atoms with E-state index in [1.54, 1.807) is 0 Å². The van der Waals surface area contributed by atoms with Gasteiger partial charge in [-0.3, -0.25) is 0 Å². The average Bonchev–Trinajstić information content (AvgIpc) is 2.52. The van der Waals surface area contributed by atoms with Crippen LogP contribution in [0.25, 0.3) is 0 Å². The van der Waals surface area contributed by atoms with Gasteiger partial charge in [0.15, 0.2) is 0 Å². The number of benzene rings is 2. The fourth-order valence-electron chi connectivity index (χ4n) is 2.74. The van der Waals surface area contributed by atoms with Gasteiger partial charge in [-0.1, -0.05) is 49.7 Å². The van der Waals surface area contributed by atoms with Gasteiger partial charge in [-0.15, -0.1) is 0 Å². The van der Waals surface area contributed by atoms with E-state index in [9.17, 15) is 0 Å². The molecule has 0 aliphatic carbocycles. The van der Waals surface area contributed by atoms with Gasteiger partial charge in [0.05, 0.1) is 0 Å². The zero-order valence-electron chi connectivity index (χ0n) is 14.4. The topological polar surface area (TPSA) is 6.48 Å². The molecule has 3 heteroatoms. The van der Waals surface area contributed by atoms with E-state index in [1.807, 2.05) is 0 Å². The molecule has 118 valence electrons. The van der Waals surface area contributed by atoms with E-state index in [4.69, 9.17) is 0 Å². The zero-order chi connectivity index (χ0) is 16.1. The lowest BCUT2D eigenvalue weighted by molar-refractivity contribution is 1.10. The number of rotatable bonds is 6. The van der Waals surface area contributed by atoms with Crippen molar-refractivity contribution in [3.63, 3.8) is 0 Å². The van der Waals surface area contributed by atoms with Gasteiger partial charge in [0.1, 0.15) is 0 Å². The Morgan fingerprint density at radius 3 is 1.50 bits per heavy atom. The standard InChI is InChI=1S/C19H27N2P/c1-6-15-22(18-13-9-7-11-16(18)20(2)3)19-14-10-8-12-17(19)21(4)5/h7-14H,6,15H2,1-5H3. The monoisotopic (exact) mass is 314 g/mol. The average molecular weight is 314 g/mol. The first kappa shape index (κ1) is 16.8. The predicted molar refractivity (Wildman–Crippen MR) is 103 cm³/mol. The minimum atomic E-state index is -0.341. The molecule has 0 amide bonds. The summed E-state index contributed by atoms with van der Waals surface area (Å²) in [6.07, 6.45) is 2.43. The van der Waals surface area contributed by atoms with E-state index in [1.165, 1.54) is 34.6 Å². The zero-order valence-corrected chi connectivity index (χ0v) is 15.3. The highest BCUT2D eigenvalue weighted by molar-refractivity contribution is 7.73. The van der Waals surface area contributed by atoms with Crippen molar-refractivity contribution in [3.8, 4) is 0 Å². The van der Waals surface area contributed by atoms with Gasteiger partial charge >= 0.3 is 0 Å². The van der Waals surface area contributed by atoms with Gasteiger partial charge in [-0.2, -0.15) is 0 Å². The summed E-state index contributed by atoms with van der Waals surface area (Å²) in [5.41, 5.74) is 2.69. The van der Waals surface area contributed by atoms with Crippen molar-refractivity contribution in [1.82, 2.24) is 0 Å². The second-order valence-electron chi connectivity index (χ2n) is 5.92. The molecule has 0 fully saturated rings. The molecule has 0 aliphatic rings. The maximum Gasteiger partial charge on any atom is 0.0442 e. The first-order chi connectivity index (χ1) is 10.6. The Bertz CT molecular complexity index is 556. The van der Waals surface area contributed by atoms with Gasteiger partial charge < -0.3 is 9.80 Å². The summed E-state index contributed by atoms with van der Waals surface area (Å²) in [4.78, 5) is 4.47. The predicted octanol–water partition coefficient (Wildman–Crippen LogP) is 3.66. The van der Waals surface area contributed by atoms with Crippen LogP contribution in [0.2, 0.25) is 0 Å². The largest absolute Gasteiger partial charge is 0.377 e. The number of nitrogens with zero attached hydrogens (tertiary/aromatic N) is 2. The number of para-hydroxylation sites is 2. The summed E-state index contributed by atoms with van der Waals surface area (Å²) in [5.74, 6) is 0. The van der Waals surface area contributed by atoms with Crippen LogP contribution in [0.15, 0.2) is 48.5 Å². The Morgan fingerprint density at radius 2 is 1.14 bits per heavy atom. The fourth-order valence-corrected chi connectivity index (χ4v) is 5.56. The molecule has 0 saturated heterocycles. The first-order valence-electron chi connectivity index (χ1n) is 7.86. The number of hydrogen-bond acceptors (Lipinski definition) is 2. The molecule has 0 aliphatic heterocycles. The van der Waals surface area contributed by atoms with Gasteiger partial charge in [0.2, 0.25) is 0 Å². The van der Waals surface area contributed by atoms with Crippen molar-refractivity contribution in [2.24, 2.45) is 0 Å². The molecular weight excluding hydrogens is 287 g/mol. The van der Waals surface area contributed by atoms with Gasteiger partial charge in [-0.05, 0) is 26.2 Å². The maximum atomic E-state index is 2.31. The molecule has 0 heterocycles. The molecule has 0 radical (unpaired) electrons. The van der Waals surface area contributed by atoms with Crippen molar-refractivity contribution < 1.29 is 0 Å². The Kier molecular flexibility index (Phi) is 5.85. The third-order valence-electron chi connectivity index (χ3n) is 3.76. The van der Waals surface area contributed by atoms with Crippen molar-refractivity contribution in [1.29, 1.82) is 0 Å². The van der Waals surface area contributed by atoms with Crippen LogP contribution in [0.4, 0.5) is 11.4 Å². The Labute approximate surface area is 136 Å². The molecular formula is C19H27N2P. The maximum absolute atomic E-state index is 2.31. The van der Waals surface area contributed by atoms with Crippen molar-refractivity contribution in [3.05, 3.63) is 48.5 Å². The SMILES string of the molecule is CCCP(c1ccccc1N(C)C)c1ccccc1N(C)C. The van der Waals surface area contributed by atoms with E-state index in [0.717, 1.165) is 0 Å². The van der Waals surface area contributed by atoms with Crippen LogP contribution >= 0.6 is 7.92 Å². The van der Waals surface area contributed by atoms with Crippen LogP contribution in [0.5, 0.6) is 0 Å². The lowest BCUT2D eigenvalue weighted by atomic mass is 10.3. The van der Waals surface area contributed by atoms with Crippen LogP contribution in [0.3, 0.4) is 0 Å². The molecule has 0 N–H and O–H groups in total. The van der Waals surface area contributed by atoms with E-state index in [2.05, 4.69) is 93.4 Å². The lowest BCUT2D eigenvalue weighted by Crippen LogP contribution is -2.25. The number of anilines is 2. The highest BCUT2D eigenvalue weighted by Crippen LogP contribution is 2.40. The highest BCUT2D eigenvalue weighted by Gasteiger charge is 2.20. The van der Waals surface area contributed by atoms with E-state index in [0.29, 0.717) is 0 Å². The third kappa shape index (κ3) is 3.62. The highest BCUT2D eigenvalue weighted by atomic mass is 31.1. The van der Waals surface area contributed by atoms with Crippen LogP contribution < -0.4 is 20.4 Å². The van der Waals surface area contributed by atoms with E-state index >= 15 is 0 Å². The van der Waals surface area contributed by atoms with E-state index < -0.39 is 0 Å². The second-order valence-corrected chi connectivity index (χ2v) is 8.18. The van der Waals surface area contributed by atoms with Gasteiger partial charge in [0, 0.05) is 50.2 Å². The molecule has 22 heavy (non-hydrogen) atoms. The smallest absolute Gasteiger partial charge is 0.0442 e.